The molecule has 5 nitrogen and oxygen atoms in total. The highest BCUT2D eigenvalue weighted by atomic mass is 16.5. The number of aromatic nitrogens is 1. The second kappa shape index (κ2) is 6.91. The molecule has 0 saturated heterocycles. The van der Waals surface area contributed by atoms with Gasteiger partial charge in [0, 0.05) is 26.0 Å². The van der Waals surface area contributed by atoms with Crippen LogP contribution in [0.4, 0.5) is 0 Å². The van der Waals surface area contributed by atoms with Crippen LogP contribution in [0.1, 0.15) is 16.7 Å². The maximum absolute atomic E-state index is 12.8. The van der Waals surface area contributed by atoms with E-state index in [1.54, 1.807) is 18.2 Å². The Morgan fingerprint density at radius 3 is 3.00 bits per heavy atom. The number of nitrogens with zero attached hydrogens (tertiary/aromatic N) is 2. The number of pyridine rings is 1. The summed E-state index contributed by atoms with van der Waals surface area (Å²) in [6.45, 7) is 2.97. The summed E-state index contributed by atoms with van der Waals surface area (Å²) in [6, 6.07) is 7.75. The number of hydrogen-bond donors (Lipinski definition) is 0. The summed E-state index contributed by atoms with van der Waals surface area (Å²) in [4.78, 5) is 18.6. The highest BCUT2D eigenvalue weighted by Gasteiger charge is 2.29. The number of carbonyl (C=O) groups excluding carboxylic acids is 1. The van der Waals surface area contributed by atoms with Gasteiger partial charge in [-0.3, -0.25) is 9.78 Å². The van der Waals surface area contributed by atoms with E-state index in [1.807, 2.05) is 44.4 Å². The van der Waals surface area contributed by atoms with Gasteiger partial charge in [-0.1, -0.05) is 12.1 Å². The molecule has 0 spiro atoms. The van der Waals surface area contributed by atoms with Crippen molar-refractivity contribution in [3.05, 3.63) is 53.3 Å². The second-order valence-corrected chi connectivity index (χ2v) is 6.16. The van der Waals surface area contributed by atoms with Crippen molar-refractivity contribution in [1.82, 2.24) is 9.88 Å². The molecule has 0 saturated carbocycles. The quantitative estimate of drug-likeness (QED) is 0.867. The molecule has 0 radical (unpaired) electrons. The summed E-state index contributed by atoms with van der Waals surface area (Å²) in [5.74, 6) is 1.41. The first kappa shape index (κ1) is 16.3. The highest BCUT2D eigenvalue weighted by molar-refractivity contribution is 5.79. The average molecular weight is 326 g/mol. The van der Waals surface area contributed by atoms with Crippen LogP contribution in [0, 0.1) is 12.8 Å². The lowest BCUT2D eigenvalue weighted by Gasteiger charge is -2.29. The van der Waals surface area contributed by atoms with E-state index in [2.05, 4.69) is 4.98 Å². The summed E-state index contributed by atoms with van der Waals surface area (Å²) in [7, 11) is 3.46. The molecule has 0 bridgehead atoms. The molecule has 0 N–H and O–H groups in total. The van der Waals surface area contributed by atoms with Gasteiger partial charge in [0.2, 0.25) is 5.91 Å². The molecular weight excluding hydrogens is 304 g/mol. The van der Waals surface area contributed by atoms with Crippen LogP contribution in [0.3, 0.4) is 0 Å². The third-order valence-electron chi connectivity index (χ3n) is 4.44. The van der Waals surface area contributed by atoms with E-state index in [0.717, 1.165) is 28.2 Å². The number of hydrogen-bond acceptors (Lipinski definition) is 4. The Morgan fingerprint density at radius 2 is 2.25 bits per heavy atom. The monoisotopic (exact) mass is 326 g/mol. The van der Waals surface area contributed by atoms with Crippen molar-refractivity contribution in [3.8, 4) is 11.5 Å². The molecule has 2 aromatic rings. The van der Waals surface area contributed by atoms with Gasteiger partial charge < -0.3 is 14.4 Å². The number of fused-ring (bicyclic) bond motifs is 1. The molecule has 1 aliphatic rings. The molecule has 126 valence electrons. The van der Waals surface area contributed by atoms with Crippen LogP contribution in [-0.4, -0.2) is 36.6 Å². The molecule has 0 aliphatic carbocycles. The van der Waals surface area contributed by atoms with Gasteiger partial charge in [-0.05, 0) is 42.2 Å². The van der Waals surface area contributed by atoms with Crippen molar-refractivity contribution >= 4 is 5.91 Å². The molecule has 1 aromatic heterocycles. The lowest BCUT2D eigenvalue weighted by molar-refractivity contribution is -0.136. The Labute approximate surface area is 142 Å². The van der Waals surface area contributed by atoms with Gasteiger partial charge in [0.15, 0.2) is 11.5 Å². The van der Waals surface area contributed by atoms with Gasteiger partial charge in [-0.2, -0.15) is 0 Å². The minimum absolute atomic E-state index is 0.0969. The molecule has 1 atom stereocenters. The van der Waals surface area contributed by atoms with Crippen LogP contribution < -0.4 is 9.47 Å². The third kappa shape index (κ3) is 3.20. The van der Waals surface area contributed by atoms with E-state index in [4.69, 9.17) is 9.47 Å². The van der Waals surface area contributed by atoms with Gasteiger partial charge in [0.25, 0.3) is 0 Å². The molecule has 1 amide bonds. The summed E-state index contributed by atoms with van der Waals surface area (Å²) >= 11 is 0. The smallest absolute Gasteiger partial charge is 0.229 e. The fraction of sp³-hybridized carbons (Fsp3) is 0.368. The van der Waals surface area contributed by atoms with Crippen LogP contribution in [0.2, 0.25) is 0 Å². The zero-order valence-electron chi connectivity index (χ0n) is 14.3. The fourth-order valence-electron chi connectivity index (χ4n) is 3.04. The lowest BCUT2D eigenvalue weighted by atomic mass is 9.95. The number of methoxy groups -OCH3 is 1. The van der Waals surface area contributed by atoms with E-state index in [-0.39, 0.29) is 11.8 Å². The molecular formula is C19H22N2O3. The first-order valence-electron chi connectivity index (χ1n) is 8.03. The maximum Gasteiger partial charge on any atom is 0.229 e. The Bertz CT molecular complexity index is 745. The number of para-hydroxylation sites is 1. The Balaban J connectivity index is 1.71. The van der Waals surface area contributed by atoms with Crippen LogP contribution >= 0.6 is 0 Å². The fourth-order valence-corrected chi connectivity index (χ4v) is 3.04. The zero-order chi connectivity index (χ0) is 17.1. The van der Waals surface area contributed by atoms with E-state index in [0.29, 0.717) is 19.6 Å². The van der Waals surface area contributed by atoms with Gasteiger partial charge in [0.05, 0.1) is 13.0 Å². The first-order chi connectivity index (χ1) is 11.6. The number of amides is 1. The predicted molar refractivity (Wildman–Crippen MR) is 91.1 cm³/mol. The van der Waals surface area contributed by atoms with Crippen molar-refractivity contribution < 1.29 is 14.3 Å². The molecule has 1 aromatic carbocycles. The Kier molecular flexibility index (Phi) is 4.69. The summed E-state index contributed by atoms with van der Waals surface area (Å²) in [6.07, 6.45) is 4.25. The predicted octanol–water partition coefficient (Wildman–Crippen LogP) is 2.61. The van der Waals surface area contributed by atoms with Gasteiger partial charge >= 0.3 is 0 Å². The second-order valence-electron chi connectivity index (χ2n) is 6.16. The van der Waals surface area contributed by atoms with Crippen LogP contribution in [0.5, 0.6) is 11.5 Å². The van der Waals surface area contributed by atoms with Crippen molar-refractivity contribution in [1.29, 1.82) is 0 Å². The number of carbonyl (C=O) groups is 1. The van der Waals surface area contributed by atoms with Crippen molar-refractivity contribution in [2.24, 2.45) is 5.92 Å². The lowest BCUT2D eigenvalue weighted by Crippen LogP contribution is -2.38. The summed E-state index contributed by atoms with van der Waals surface area (Å²) < 4.78 is 11.1. The van der Waals surface area contributed by atoms with Crippen LogP contribution in [0.25, 0.3) is 0 Å². The number of rotatable bonds is 4. The van der Waals surface area contributed by atoms with E-state index in [1.165, 1.54) is 0 Å². The molecule has 0 unspecified atom stereocenters. The molecule has 5 heteroatoms. The third-order valence-corrected chi connectivity index (χ3v) is 4.44. The van der Waals surface area contributed by atoms with E-state index in [9.17, 15) is 4.79 Å². The Hall–Kier alpha value is -2.56. The Morgan fingerprint density at radius 1 is 1.42 bits per heavy atom. The minimum Gasteiger partial charge on any atom is -0.493 e. The largest absolute Gasteiger partial charge is 0.493 e. The minimum atomic E-state index is -0.170. The van der Waals surface area contributed by atoms with Crippen LogP contribution in [-0.2, 0) is 17.8 Å². The number of aryl methyl sites for hydroxylation is 1. The average Bonchev–Trinajstić information content (AvgIpc) is 2.61. The summed E-state index contributed by atoms with van der Waals surface area (Å²) in [5.41, 5.74) is 3.22. The number of ether oxygens (including phenoxy) is 2. The zero-order valence-corrected chi connectivity index (χ0v) is 14.3. The van der Waals surface area contributed by atoms with Crippen molar-refractivity contribution in [2.75, 3.05) is 20.8 Å². The van der Waals surface area contributed by atoms with Gasteiger partial charge in [-0.25, -0.2) is 0 Å². The SMILES string of the molecule is COc1cccc2c1OC[C@H](C(=O)N(C)Cc1ccncc1C)C2. The van der Waals surface area contributed by atoms with E-state index >= 15 is 0 Å². The first-order valence-corrected chi connectivity index (χ1v) is 8.03. The standard InChI is InChI=1S/C19H22N2O3/c1-13-10-20-8-7-15(13)11-21(2)19(22)16-9-14-5-4-6-17(23-3)18(14)24-12-16/h4-8,10,16H,9,11-12H2,1-3H3/t16-/m1/s1. The molecule has 1 aliphatic heterocycles. The summed E-state index contributed by atoms with van der Waals surface area (Å²) in [5, 5.41) is 0. The van der Waals surface area contributed by atoms with Gasteiger partial charge in [-0.15, -0.1) is 0 Å². The molecule has 2 heterocycles. The normalized spacial score (nSPS) is 16.0. The van der Waals surface area contributed by atoms with Crippen molar-refractivity contribution in [3.63, 3.8) is 0 Å². The molecule has 0 fully saturated rings. The topological polar surface area (TPSA) is 51.7 Å². The van der Waals surface area contributed by atoms with Gasteiger partial charge in [0.1, 0.15) is 6.61 Å². The van der Waals surface area contributed by atoms with E-state index < -0.39 is 0 Å². The van der Waals surface area contributed by atoms with Crippen molar-refractivity contribution in [2.45, 2.75) is 19.9 Å². The molecule has 3 rings (SSSR count). The van der Waals surface area contributed by atoms with Crippen LogP contribution in [0.15, 0.2) is 36.7 Å². The number of benzene rings is 1. The highest BCUT2D eigenvalue weighted by Crippen LogP contribution is 2.36. The molecule has 24 heavy (non-hydrogen) atoms. The maximum atomic E-state index is 12.8.